The molecule has 2 aromatic carbocycles. The number of nitriles is 1. The highest BCUT2D eigenvalue weighted by Crippen LogP contribution is 2.44. The summed E-state index contributed by atoms with van der Waals surface area (Å²) in [7, 11) is 0. The van der Waals surface area contributed by atoms with Crippen molar-refractivity contribution in [2.45, 2.75) is 50.7 Å². The molecule has 1 saturated heterocycles. The number of anilines is 1. The number of carbonyl (C=O) groups is 2. The van der Waals surface area contributed by atoms with Crippen LogP contribution in [0.5, 0.6) is 5.75 Å². The first-order chi connectivity index (χ1) is 21.4. The molecule has 3 aliphatic rings. The average molecular weight is 596 g/mol. The molecule has 3 heterocycles. The van der Waals surface area contributed by atoms with Gasteiger partial charge in [-0.2, -0.15) is 5.26 Å². The Kier molecular flexibility index (Phi) is 8.51. The van der Waals surface area contributed by atoms with Crippen LogP contribution >= 0.6 is 0 Å². The molecule has 1 spiro atoms. The van der Waals surface area contributed by atoms with Crippen molar-refractivity contribution in [2.75, 3.05) is 44.2 Å². The molecule has 2 amide bonds. The largest absolute Gasteiger partial charge is 0.492 e. The van der Waals surface area contributed by atoms with E-state index in [4.69, 9.17) is 4.74 Å². The van der Waals surface area contributed by atoms with Crippen molar-refractivity contribution in [1.29, 1.82) is 5.26 Å². The van der Waals surface area contributed by atoms with Crippen LogP contribution in [-0.2, 0) is 11.3 Å². The summed E-state index contributed by atoms with van der Waals surface area (Å²) in [6.45, 7) is 3.60. The lowest BCUT2D eigenvalue weighted by Crippen LogP contribution is -2.48. The van der Waals surface area contributed by atoms with Crippen molar-refractivity contribution in [3.8, 4) is 11.8 Å². The standard InChI is InChI=1S/C35H38FN5O3/c36-35(14-15-35)33(43)40-19-16-34(17-20-40)13-6-18-39(31-12-11-28(23-37)24-38-31)21-22-41(25-27-7-2-1-3-8-27)32(42)29-9-4-5-10-30(29)44-26-34/h1-5,7-12,24H,6,13-22,25-26H2. The number of rotatable bonds is 4. The molecule has 2 fully saturated rings. The van der Waals surface area contributed by atoms with Crippen LogP contribution in [0.3, 0.4) is 0 Å². The minimum Gasteiger partial charge on any atom is -0.492 e. The lowest BCUT2D eigenvalue weighted by Gasteiger charge is -2.42. The van der Waals surface area contributed by atoms with E-state index in [9.17, 15) is 19.2 Å². The summed E-state index contributed by atoms with van der Waals surface area (Å²) < 4.78 is 21.1. The number of alkyl halides is 1. The third-order valence-electron chi connectivity index (χ3n) is 9.31. The molecular formula is C35H38FN5O3. The number of pyridine rings is 1. The lowest BCUT2D eigenvalue weighted by molar-refractivity contribution is -0.141. The highest BCUT2D eigenvalue weighted by atomic mass is 19.1. The summed E-state index contributed by atoms with van der Waals surface area (Å²) >= 11 is 0. The van der Waals surface area contributed by atoms with Gasteiger partial charge in [0.2, 0.25) is 0 Å². The van der Waals surface area contributed by atoms with Gasteiger partial charge in [-0.25, -0.2) is 9.37 Å². The van der Waals surface area contributed by atoms with E-state index in [1.54, 1.807) is 17.2 Å². The highest BCUT2D eigenvalue weighted by molar-refractivity contribution is 5.97. The molecule has 3 aromatic rings. The molecule has 44 heavy (non-hydrogen) atoms. The minimum absolute atomic E-state index is 0.108. The van der Waals surface area contributed by atoms with Gasteiger partial charge in [-0.3, -0.25) is 9.59 Å². The zero-order valence-corrected chi connectivity index (χ0v) is 25.0. The number of aromatic nitrogens is 1. The van der Waals surface area contributed by atoms with Crippen molar-refractivity contribution >= 4 is 17.6 Å². The number of hydrogen-bond donors (Lipinski definition) is 0. The van der Waals surface area contributed by atoms with Gasteiger partial charge >= 0.3 is 0 Å². The zero-order valence-electron chi connectivity index (χ0n) is 25.0. The van der Waals surface area contributed by atoms with Crippen LogP contribution in [-0.4, -0.2) is 71.6 Å². The van der Waals surface area contributed by atoms with E-state index < -0.39 is 5.67 Å². The van der Waals surface area contributed by atoms with E-state index in [0.29, 0.717) is 88.4 Å². The molecule has 0 atom stereocenters. The van der Waals surface area contributed by atoms with Crippen LogP contribution in [0.25, 0.3) is 0 Å². The van der Waals surface area contributed by atoms with Gasteiger partial charge in [0, 0.05) is 50.9 Å². The van der Waals surface area contributed by atoms with Gasteiger partial charge in [0.05, 0.1) is 17.7 Å². The normalized spacial score (nSPS) is 19.9. The predicted molar refractivity (Wildman–Crippen MR) is 165 cm³/mol. The fourth-order valence-electron chi connectivity index (χ4n) is 6.35. The van der Waals surface area contributed by atoms with Crippen LogP contribution in [0.15, 0.2) is 72.9 Å². The number of amides is 2. The summed E-state index contributed by atoms with van der Waals surface area (Å²) in [4.78, 5) is 37.2. The van der Waals surface area contributed by atoms with E-state index in [1.165, 1.54) is 0 Å². The van der Waals surface area contributed by atoms with Crippen LogP contribution in [0.2, 0.25) is 0 Å². The zero-order chi connectivity index (χ0) is 30.6. The molecule has 0 bridgehead atoms. The van der Waals surface area contributed by atoms with Gasteiger partial charge in [0.15, 0.2) is 5.67 Å². The Hall–Kier alpha value is -4.45. The van der Waals surface area contributed by atoms with Crippen LogP contribution < -0.4 is 9.64 Å². The number of nitrogens with zero attached hydrogens (tertiary/aromatic N) is 5. The van der Waals surface area contributed by atoms with E-state index in [2.05, 4.69) is 16.0 Å². The maximum Gasteiger partial charge on any atom is 0.260 e. The Morgan fingerprint density at radius 2 is 1.66 bits per heavy atom. The number of para-hydroxylation sites is 1. The van der Waals surface area contributed by atoms with E-state index in [1.807, 2.05) is 65.6 Å². The third-order valence-corrected chi connectivity index (χ3v) is 9.31. The third kappa shape index (κ3) is 6.54. The molecule has 6 rings (SSSR count). The number of halogens is 1. The Balaban J connectivity index is 1.29. The Labute approximate surface area is 258 Å². The molecule has 0 radical (unpaired) electrons. The number of likely N-dealkylation sites (tertiary alicyclic amines) is 1. The van der Waals surface area contributed by atoms with Crippen molar-refractivity contribution in [1.82, 2.24) is 14.8 Å². The van der Waals surface area contributed by atoms with Crippen LogP contribution in [0.1, 0.15) is 60.0 Å². The SMILES string of the molecule is N#Cc1ccc(N2CCCC3(CCN(C(=O)C4(F)CC4)CC3)COc3ccccc3C(=O)N(Cc3ccccc3)CC2)nc1. The lowest BCUT2D eigenvalue weighted by atomic mass is 9.75. The second-order valence-electron chi connectivity index (χ2n) is 12.4. The summed E-state index contributed by atoms with van der Waals surface area (Å²) in [5.74, 6) is 0.836. The molecule has 228 valence electrons. The van der Waals surface area contributed by atoms with E-state index in [0.717, 1.165) is 24.2 Å². The Morgan fingerprint density at radius 3 is 2.36 bits per heavy atom. The number of piperidine rings is 1. The maximum atomic E-state index is 14.6. The smallest absolute Gasteiger partial charge is 0.260 e. The molecule has 8 nitrogen and oxygen atoms in total. The monoisotopic (exact) mass is 595 g/mol. The van der Waals surface area contributed by atoms with E-state index >= 15 is 0 Å². The molecule has 1 aliphatic carbocycles. The van der Waals surface area contributed by atoms with Gasteiger partial charge in [0.25, 0.3) is 11.8 Å². The molecule has 9 heteroatoms. The second kappa shape index (κ2) is 12.7. The number of fused-ring (bicyclic) bond motifs is 1. The molecular weight excluding hydrogens is 557 g/mol. The maximum absolute atomic E-state index is 14.6. The van der Waals surface area contributed by atoms with Gasteiger partial charge in [-0.1, -0.05) is 42.5 Å². The Bertz CT molecular complexity index is 1510. The van der Waals surface area contributed by atoms with Crippen molar-refractivity contribution in [3.63, 3.8) is 0 Å². The van der Waals surface area contributed by atoms with Gasteiger partial charge in [-0.15, -0.1) is 0 Å². The van der Waals surface area contributed by atoms with Crippen molar-refractivity contribution in [3.05, 3.63) is 89.6 Å². The first-order valence-electron chi connectivity index (χ1n) is 15.5. The summed E-state index contributed by atoms with van der Waals surface area (Å²) in [6, 6.07) is 23.1. The first kappa shape index (κ1) is 29.6. The molecule has 0 N–H and O–H groups in total. The summed E-state index contributed by atoms with van der Waals surface area (Å²) in [5.41, 5.74) is 0.165. The van der Waals surface area contributed by atoms with Crippen LogP contribution in [0, 0.1) is 16.7 Å². The first-order valence-corrected chi connectivity index (χ1v) is 15.5. The van der Waals surface area contributed by atoms with Crippen molar-refractivity contribution < 1.29 is 18.7 Å². The summed E-state index contributed by atoms with van der Waals surface area (Å²) in [5, 5.41) is 9.29. The topological polar surface area (TPSA) is 89.8 Å². The number of ether oxygens (including phenoxy) is 1. The average Bonchev–Trinajstić information content (AvgIpc) is 3.83. The number of benzene rings is 2. The minimum atomic E-state index is -1.66. The fourth-order valence-corrected chi connectivity index (χ4v) is 6.35. The van der Waals surface area contributed by atoms with Gasteiger partial charge < -0.3 is 19.4 Å². The fraction of sp³-hybridized carbons (Fsp3) is 0.429. The molecule has 1 aromatic heterocycles. The summed E-state index contributed by atoms with van der Waals surface area (Å²) in [6.07, 6.45) is 5.34. The second-order valence-corrected chi connectivity index (χ2v) is 12.4. The predicted octanol–water partition coefficient (Wildman–Crippen LogP) is 5.39. The number of hydrogen-bond acceptors (Lipinski definition) is 6. The molecule has 0 unspecified atom stereocenters. The Morgan fingerprint density at radius 1 is 0.909 bits per heavy atom. The van der Waals surface area contributed by atoms with Gasteiger partial charge in [0.1, 0.15) is 17.6 Å². The quantitative estimate of drug-likeness (QED) is 0.402. The van der Waals surface area contributed by atoms with Crippen molar-refractivity contribution in [2.24, 2.45) is 5.41 Å². The number of carbonyl (C=O) groups excluding carboxylic acids is 2. The molecule has 1 saturated carbocycles. The molecule has 2 aliphatic heterocycles. The van der Waals surface area contributed by atoms with Gasteiger partial charge in [-0.05, 0) is 68.4 Å². The van der Waals surface area contributed by atoms with E-state index in [-0.39, 0.29) is 17.2 Å². The van der Waals surface area contributed by atoms with Crippen LogP contribution in [0.4, 0.5) is 10.2 Å². The highest BCUT2D eigenvalue weighted by Gasteiger charge is 2.53.